The van der Waals surface area contributed by atoms with Crippen LogP contribution in [-0.2, 0) is 0 Å². The van der Waals surface area contributed by atoms with E-state index in [1.54, 1.807) is 7.05 Å². The maximum Gasteiger partial charge on any atom is 0.233 e. The normalized spacial score (nSPS) is 10.2. The Bertz CT molecular complexity index is 614. The van der Waals surface area contributed by atoms with Crippen LogP contribution in [0.1, 0.15) is 5.56 Å². The summed E-state index contributed by atoms with van der Waals surface area (Å²) in [5, 5.41) is 6.79. The minimum Gasteiger partial charge on any atom is -0.357 e. The van der Waals surface area contributed by atoms with E-state index < -0.39 is 0 Å². The lowest BCUT2D eigenvalue weighted by atomic mass is 10.2. The predicted octanol–water partition coefficient (Wildman–Crippen LogP) is 2.68. The molecule has 20 heavy (non-hydrogen) atoms. The fourth-order valence-electron chi connectivity index (χ4n) is 1.60. The molecule has 0 bridgehead atoms. The lowest BCUT2D eigenvalue weighted by Crippen LogP contribution is -2.15. The van der Waals surface area contributed by atoms with Gasteiger partial charge in [0.1, 0.15) is 0 Å². The topological polar surface area (TPSA) is 66.0 Å². The Kier molecular flexibility index (Phi) is 4.24. The van der Waals surface area contributed by atoms with Gasteiger partial charge in [0.2, 0.25) is 17.8 Å². The Morgan fingerprint density at radius 1 is 1.10 bits per heavy atom. The standard InChI is InChI=1S/C13H17ClN6/c1-8-9(14)6-5-7-10(8)16-12-17-11(15-2)18-13(19-12)20(3)4/h5-7H,1-4H3,(H2,15,16,17,18,19). The van der Waals surface area contributed by atoms with E-state index >= 15 is 0 Å². The first kappa shape index (κ1) is 14.3. The molecule has 7 heteroatoms. The van der Waals surface area contributed by atoms with Crippen molar-refractivity contribution in [2.75, 3.05) is 36.7 Å². The molecule has 0 atom stereocenters. The molecule has 0 aliphatic rings. The van der Waals surface area contributed by atoms with Crippen LogP contribution in [0.3, 0.4) is 0 Å². The van der Waals surface area contributed by atoms with E-state index in [0.29, 0.717) is 22.9 Å². The average molecular weight is 293 g/mol. The van der Waals surface area contributed by atoms with E-state index in [4.69, 9.17) is 11.6 Å². The van der Waals surface area contributed by atoms with E-state index in [-0.39, 0.29) is 0 Å². The third-order valence-corrected chi connectivity index (χ3v) is 3.17. The molecule has 0 spiro atoms. The van der Waals surface area contributed by atoms with Crippen molar-refractivity contribution in [2.24, 2.45) is 0 Å². The van der Waals surface area contributed by atoms with Gasteiger partial charge < -0.3 is 15.5 Å². The summed E-state index contributed by atoms with van der Waals surface area (Å²) in [6.45, 7) is 1.94. The Balaban J connectivity index is 2.37. The molecule has 0 unspecified atom stereocenters. The van der Waals surface area contributed by atoms with Crippen LogP contribution in [-0.4, -0.2) is 36.1 Å². The van der Waals surface area contributed by atoms with Crippen molar-refractivity contribution in [1.29, 1.82) is 0 Å². The molecule has 1 aromatic heterocycles. The van der Waals surface area contributed by atoms with Crippen LogP contribution in [0.15, 0.2) is 18.2 Å². The number of halogens is 1. The van der Waals surface area contributed by atoms with E-state index in [0.717, 1.165) is 11.3 Å². The minimum atomic E-state index is 0.471. The van der Waals surface area contributed by atoms with Crippen LogP contribution in [0.4, 0.5) is 23.5 Å². The molecule has 1 aromatic carbocycles. The van der Waals surface area contributed by atoms with Gasteiger partial charge in [-0.3, -0.25) is 0 Å². The zero-order valence-electron chi connectivity index (χ0n) is 11.9. The molecule has 2 N–H and O–H groups in total. The molecule has 0 fully saturated rings. The summed E-state index contributed by atoms with van der Waals surface area (Å²) in [6, 6.07) is 5.66. The zero-order valence-corrected chi connectivity index (χ0v) is 12.7. The van der Waals surface area contributed by atoms with Gasteiger partial charge in [0.15, 0.2) is 0 Å². The Morgan fingerprint density at radius 3 is 2.45 bits per heavy atom. The van der Waals surface area contributed by atoms with Crippen molar-refractivity contribution in [1.82, 2.24) is 15.0 Å². The summed E-state index contributed by atoms with van der Waals surface area (Å²) >= 11 is 6.11. The van der Waals surface area contributed by atoms with Crippen molar-refractivity contribution in [3.8, 4) is 0 Å². The van der Waals surface area contributed by atoms with Crippen LogP contribution in [0.5, 0.6) is 0 Å². The van der Waals surface area contributed by atoms with Crippen LogP contribution in [0.2, 0.25) is 5.02 Å². The summed E-state index contributed by atoms with van der Waals surface area (Å²) in [4.78, 5) is 14.7. The SMILES string of the molecule is CNc1nc(Nc2cccc(Cl)c2C)nc(N(C)C)n1. The second-order valence-corrected chi connectivity index (χ2v) is 4.87. The van der Waals surface area contributed by atoms with Crippen molar-refractivity contribution in [2.45, 2.75) is 6.92 Å². The molecule has 6 nitrogen and oxygen atoms in total. The second kappa shape index (κ2) is 5.92. The van der Waals surface area contributed by atoms with E-state index in [9.17, 15) is 0 Å². The highest BCUT2D eigenvalue weighted by molar-refractivity contribution is 6.31. The van der Waals surface area contributed by atoms with Gasteiger partial charge in [0.05, 0.1) is 0 Å². The first-order chi connectivity index (χ1) is 9.51. The lowest BCUT2D eigenvalue weighted by molar-refractivity contribution is 0.962. The summed E-state index contributed by atoms with van der Waals surface area (Å²) in [5.74, 6) is 1.55. The van der Waals surface area contributed by atoms with Crippen LogP contribution in [0, 0.1) is 6.92 Å². The fraction of sp³-hybridized carbons (Fsp3) is 0.308. The summed E-state index contributed by atoms with van der Waals surface area (Å²) in [6.07, 6.45) is 0. The summed E-state index contributed by atoms with van der Waals surface area (Å²) < 4.78 is 0. The highest BCUT2D eigenvalue weighted by Gasteiger charge is 2.09. The molecular weight excluding hydrogens is 276 g/mol. The van der Waals surface area contributed by atoms with Crippen molar-refractivity contribution >= 4 is 35.1 Å². The molecule has 0 aliphatic carbocycles. The molecule has 0 amide bonds. The first-order valence-corrected chi connectivity index (χ1v) is 6.52. The zero-order chi connectivity index (χ0) is 14.7. The highest BCUT2D eigenvalue weighted by atomic mass is 35.5. The summed E-state index contributed by atoms with van der Waals surface area (Å²) in [7, 11) is 5.52. The number of anilines is 4. The van der Waals surface area contributed by atoms with Crippen LogP contribution < -0.4 is 15.5 Å². The van der Waals surface area contributed by atoms with Gasteiger partial charge in [-0.05, 0) is 24.6 Å². The van der Waals surface area contributed by atoms with E-state index in [1.807, 2.05) is 44.1 Å². The Hall–Kier alpha value is -2.08. The lowest BCUT2D eigenvalue weighted by Gasteiger charge is -2.14. The van der Waals surface area contributed by atoms with Gasteiger partial charge in [-0.1, -0.05) is 17.7 Å². The molecule has 0 aliphatic heterocycles. The second-order valence-electron chi connectivity index (χ2n) is 4.46. The summed E-state index contributed by atoms with van der Waals surface area (Å²) in [5.41, 5.74) is 1.82. The van der Waals surface area contributed by atoms with Crippen LogP contribution in [0.25, 0.3) is 0 Å². The monoisotopic (exact) mass is 292 g/mol. The van der Waals surface area contributed by atoms with Gasteiger partial charge in [-0.15, -0.1) is 0 Å². The van der Waals surface area contributed by atoms with Gasteiger partial charge in [-0.2, -0.15) is 15.0 Å². The highest BCUT2D eigenvalue weighted by Crippen LogP contribution is 2.25. The number of rotatable bonds is 4. The first-order valence-electron chi connectivity index (χ1n) is 6.14. The third kappa shape index (κ3) is 3.08. The Morgan fingerprint density at radius 2 is 1.80 bits per heavy atom. The number of nitrogens with zero attached hydrogens (tertiary/aromatic N) is 4. The number of hydrogen-bond donors (Lipinski definition) is 2. The van der Waals surface area contributed by atoms with Crippen molar-refractivity contribution in [3.63, 3.8) is 0 Å². The average Bonchev–Trinajstić information content (AvgIpc) is 2.43. The molecule has 2 rings (SSSR count). The van der Waals surface area contributed by atoms with Gasteiger partial charge in [-0.25, -0.2) is 0 Å². The quantitative estimate of drug-likeness (QED) is 0.903. The van der Waals surface area contributed by atoms with Gasteiger partial charge in [0.25, 0.3) is 0 Å². The number of benzene rings is 1. The maximum atomic E-state index is 6.11. The Labute approximate surface area is 123 Å². The predicted molar refractivity (Wildman–Crippen MR) is 83.2 cm³/mol. The van der Waals surface area contributed by atoms with Crippen molar-refractivity contribution < 1.29 is 0 Å². The number of nitrogens with one attached hydrogen (secondary N) is 2. The van der Waals surface area contributed by atoms with E-state index in [1.165, 1.54) is 0 Å². The third-order valence-electron chi connectivity index (χ3n) is 2.76. The van der Waals surface area contributed by atoms with E-state index in [2.05, 4.69) is 25.6 Å². The molecule has 106 valence electrons. The van der Waals surface area contributed by atoms with Crippen molar-refractivity contribution in [3.05, 3.63) is 28.8 Å². The molecule has 0 saturated carbocycles. The number of hydrogen-bond acceptors (Lipinski definition) is 6. The van der Waals surface area contributed by atoms with Gasteiger partial charge in [0, 0.05) is 31.9 Å². The van der Waals surface area contributed by atoms with Crippen LogP contribution >= 0.6 is 11.6 Å². The maximum absolute atomic E-state index is 6.11. The molecular formula is C13H17ClN6. The molecule has 0 radical (unpaired) electrons. The number of aromatic nitrogens is 3. The largest absolute Gasteiger partial charge is 0.357 e. The fourth-order valence-corrected chi connectivity index (χ4v) is 1.77. The smallest absolute Gasteiger partial charge is 0.233 e. The van der Waals surface area contributed by atoms with Gasteiger partial charge >= 0.3 is 0 Å². The molecule has 0 saturated heterocycles. The minimum absolute atomic E-state index is 0.471. The molecule has 1 heterocycles. The molecule has 2 aromatic rings.